The molecule has 0 radical (unpaired) electrons. The van der Waals surface area contributed by atoms with Crippen molar-refractivity contribution >= 4 is 29.5 Å². The van der Waals surface area contributed by atoms with E-state index < -0.39 is 0 Å². The van der Waals surface area contributed by atoms with Crippen LogP contribution in [0.1, 0.15) is 58.1 Å². The molecule has 1 atom stereocenters. The highest BCUT2D eigenvalue weighted by atomic mass is 16.2. The Morgan fingerprint density at radius 1 is 1.12 bits per heavy atom. The minimum absolute atomic E-state index is 0.0521. The van der Waals surface area contributed by atoms with E-state index in [2.05, 4.69) is 5.32 Å². The van der Waals surface area contributed by atoms with Crippen molar-refractivity contribution in [1.82, 2.24) is 10.2 Å². The number of Topliss-reactive ketones (excluding diaryl/α,β-unsaturated/α-hetero) is 1. The predicted molar refractivity (Wildman–Crippen MR) is 125 cm³/mol. The highest BCUT2D eigenvalue weighted by Crippen LogP contribution is 2.19. The molecule has 0 bridgehead atoms. The smallest absolute Gasteiger partial charge is 0.230 e. The molecule has 1 aromatic carbocycles. The number of hydrogen-bond acceptors (Lipinski definition) is 6. The zero-order chi connectivity index (χ0) is 24.3. The summed E-state index contributed by atoms with van der Waals surface area (Å²) in [5, 5.41) is 2.57. The van der Waals surface area contributed by atoms with Gasteiger partial charge in [-0.15, -0.1) is 0 Å². The molecule has 1 aliphatic heterocycles. The molecule has 2 rings (SSSR count). The molecule has 2 amide bonds. The van der Waals surface area contributed by atoms with E-state index in [1.807, 2.05) is 31.2 Å². The number of nitrogens with zero attached hydrogens (tertiary/aromatic N) is 1. The lowest BCUT2D eigenvalue weighted by molar-refractivity contribution is -0.134. The highest BCUT2D eigenvalue weighted by molar-refractivity contribution is 6.20. The van der Waals surface area contributed by atoms with Crippen LogP contribution in [0.25, 0.3) is 5.57 Å². The number of rotatable bonds is 8. The van der Waals surface area contributed by atoms with Crippen LogP contribution in [-0.4, -0.2) is 41.4 Å². The van der Waals surface area contributed by atoms with Gasteiger partial charge in [-0.2, -0.15) is 0 Å². The molecule has 32 heavy (non-hydrogen) atoms. The molecule has 1 fully saturated rings. The molecule has 8 nitrogen and oxygen atoms in total. The summed E-state index contributed by atoms with van der Waals surface area (Å²) in [4.78, 5) is 46.4. The lowest BCUT2D eigenvalue weighted by Gasteiger charge is -2.20. The summed E-state index contributed by atoms with van der Waals surface area (Å²) >= 11 is 0. The minimum Gasteiger partial charge on any atom is -0.402 e. The maximum absolute atomic E-state index is 11.7. The van der Waals surface area contributed by atoms with Gasteiger partial charge in [0.05, 0.1) is 6.42 Å². The first-order chi connectivity index (χ1) is 15.1. The summed E-state index contributed by atoms with van der Waals surface area (Å²) in [6.07, 6.45) is 3.98. The van der Waals surface area contributed by atoms with Gasteiger partial charge in [-0.25, -0.2) is 0 Å². The van der Waals surface area contributed by atoms with Crippen LogP contribution in [0.4, 0.5) is 0 Å². The lowest BCUT2D eigenvalue weighted by atomic mass is 9.99. The molecule has 0 saturated carbocycles. The van der Waals surface area contributed by atoms with Crippen LogP contribution in [0.5, 0.6) is 0 Å². The average Bonchev–Trinajstić information content (AvgIpc) is 3.13. The van der Waals surface area contributed by atoms with Gasteiger partial charge in [0, 0.05) is 42.2 Å². The van der Waals surface area contributed by atoms with Gasteiger partial charge in [-0.3, -0.25) is 19.2 Å². The SMILES string of the molecule is C/C(N)=C/C(=O)CC(=O)N1CCCC1C.CC(=O)/C(=C(/C)N)c1ccc(CNC=O)cc1. The van der Waals surface area contributed by atoms with Crippen molar-refractivity contribution in [2.75, 3.05) is 6.54 Å². The number of nitrogens with one attached hydrogen (secondary N) is 1. The van der Waals surface area contributed by atoms with Crippen LogP contribution in [-0.2, 0) is 25.7 Å². The molecule has 0 aromatic heterocycles. The number of amides is 2. The maximum Gasteiger partial charge on any atom is 0.230 e. The fraction of sp³-hybridized carbons (Fsp3) is 0.417. The normalized spacial score (nSPS) is 16.4. The average molecular weight is 443 g/mol. The number of hydrogen-bond donors (Lipinski definition) is 3. The number of carbonyl (C=O) groups is 4. The van der Waals surface area contributed by atoms with Gasteiger partial charge in [0.2, 0.25) is 12.3 Å². The van der Waals surface area contributed by atoms with Gasteiger partial charge in [0.25, 0.3) is 0 Å². The second kappa shape index (κ2) is 13.1. The number of nitrogens with two attached hydrogens (primary N) is 2. The fourth-order valence-electron chi connectivity index (χ4n) is 3.52. The largest absolute Gasteiger partial charge is 0.402 e. The van der Waals surface area contributed by atoms with Gasteiger partial charge in [-0.05, 0) is 51.7 Å². The van der Waals surface area contributed by atoms with E-state index in [4.69, 9.17) is 11.5 Å². The molecule has 0 spiro atoms. The molecule has 1 heterocycles. The first-order valence-electron chi connectivity index (χ1n) is 10.6. The third kappa shape index (κ3) is 8.75. The van der Waals surface area contributed by atoms with Crippen LogP contribution >= 0.6 is 0 Å². The number of benzene rings is 1. The zero-order valence-corrected chi connectivity index (χ0v) is 19.3. The van der Waals surface area contributed by atoms with Gasteiger partial charge >= 0.3 is 0 Å². The van der Waals surface area contributed by atoms with Crippen molar-refractivity contribution in [1.29, 1.82) is 0 Å². The molecule has 174 valence electrons. The molecular formula is C24H34N4O4. The second-order valence-corrected chi connectivity index (χ2v) is 7.92. The first-order valence-corrected chi connectivity index (χ1v) is 10.6. The molecule has 1 saturated heterocycles. The minimum atomic E-state index is -0.209. The van der Waals surface area contributed by atoms with Crippen molar-refractivity contribution in [2.24, 2.45) is 11.5 Å². The molecule has 1 aliphatic rings. The summed E-state index contributed by atoms with van der Waals surface area (Å²) in [6.45, 7) is 8.11. The van der Waals surface area contributed by atoms with Crippen LogP contribution in [0.3, 0.4) is 0 Å². The van der Waals surface area contributed by atoms with Gasteiger partial charge in [0.15, 0.2) is 11.6 Å². The maximum atomic E-state index is 11.7. The fourth-order valence-corrected chi connectivity index (χ4v) is 3.52. The molecular weight excluding hydrogens is 408 g/mol. The van der Waals surface area contributed by atoms with Crippen molar-refractivity contribution in [3.8, 4) is 0 Å². The number of carbonyl (C=O) groups excluding carboxylic acids is 4. The number of likely N-dealkylation sites (tertiary alicyclic amines) is 1. The van der Waals surface area contributed by atoms with E-state index in [-0.39, 0.29) is 29.9 Å². The topological polar surface area (TPSA) is 136 Å². The predicted octanol–water partition coefficient (Wildman–Crippen LogP) is 2.03. The third-order valence-electron chi connectivity index (χ3n) is 4.97. The Kier molecular flexibility index (Phi) is 10.9. The van der Waals surface area contributed by atoms with E-state index in [1.54, 1.807) is 18.7 Å². The van der Waals surface area contributed by atoms with E-state index in [9.17, 15) is 19.2 Å². The van der Waals surface area contributed by atoms with Crippen LogP contribution in [0.15, 0.2) is 41.7 Å². The highest BCUT2D eigenvalue weighted by Gasteiger charge is 2.25. The summed E-state index contributed by atoms with van der Waals surface area (Å²) in [7, 11) is 0. The van der Waals surface area contributed by atoms with Gasteiger partial charge in [0.1, 0.15) is 0 Å². The molecule has 0 aliphatic carbocycles. The quantitative estimate of drug-likeness (QED) is 0.320. The third-order valence-corrected chi connectivity index (χ3v) is 4.97. The van der Waals surface area contributed by atoms with Crippen molar-refractivity contribution in [3.05, 3.63) is 52.9 Å². The molecule has 5 N–H and O–H groups in total. The Balaban J connectivity index is 0.000000323. The van der Waals surface area contributed by atoms with Gasteiger partial charge < -0.3 is 21.7 Å². The Bertz CT molecular complexity index is 880. The number of allylic oxidation sites excluding steroid dienone is 4. The summed E-state index contributed by atoms with van der Waals surface area (Å²) in [6, 6.07) is 7.65. The standard InChI is InChI=1S/C13H16N2O2.C11H18N2O2/c1-9(14)13(10(2)17)12-5-3-11(4-6-12)7-15-8-16;1-8(12)6-10(14)7-11(15)13-5-3-4-9(13)2/h3-6,8H,7,14H2,1-2H3,(H,15,16);6,9H,3-5,7,12H2,1-2H3/b13-9+;8-6-. The van der Waals surface area contributed by atoms with E-state index in [1.165, 1.54) is 13.0 Å². The second-order valence-electron chi connectivity index (χ2n) is 7.92. The first kappa shape index (κ1) is 26.6. The Morgan fingerprint density at radius 2 is 1.75 bits per heavy atom. The Morgan fingerprint density at radius 3 is 2.19 bits per heavy atom. The monoisotopic (exact) mass is 442 g/mol. The Hall–Kier alpha value is -3.42. The van der Waals surface area contributed by atoms with Crippen molar-refractivity contribution in [3.63, 3.8) is 0 Å². The lowest BCUT2D eigenvalue weighted by Crippen LogP contribution is -2.34. The van der Waals surface area contributed by atoms with Crippen LogP contribution < -0.4 is 16.8 Å². The van der Waals surface area contributed by atoms with Crippen LogP contribution in [0, 0.1) is 0 Å². The summed E-state index contributed by atoms with van der Waals surface area (Å²) in [5.74, 6) is -0.342. The van der Waals surface area contributed by atoms with E-state index >= 15 is 0 Å². The van der Waals surface area contributed by atoms with Crippen LogP contribution in [0.2, 0.25) is 0 Å². The number of ketones is 2. The Labute approximate surface area is 189 Å². The van der Waals surface area contributed by atoms with Gasteiger partial charge in [-0.1, -0.05) is 24.3 Å². The zero-order valence-electron chi connectivity index (χ0n) is 19.3. The van der Waals surface area contributed by atoms with E-state index in [0.29, 0.717) is 29.9 Å². The molecule has 8 heteroatoms. The molecule has 1 aromatic rings. The molecule has 1 unspecified atom stereocenters. The summed E-state index contributed by atoms with van der Waals surface area (Å²) in [5.41, 5.74) is 14.3. The summed E-state index contributed by atoms with van der Waals surface area (Å²) < 4.78 is 0. The van der Waals surface area contributed by atoms with Crippen molar-refractivity contribution < 1.29 is 19.2 Å². The van der Waals surface area contributed by atoms with E-state index in [0.717, 1.165) is 30.5 Å². The van der Waals surface area contributed by atoms with Crippen molar-refractivity contribution in [2.45, 2.75) is 59.5 Å².